The van der Waals surface area contributed by atoms with Gasteiger partial charge in [0, 0.05) is 10.6 Å². The molecule has 2 bridgehead atoms. The molecule has 31 heavy (non-hydrogen) atoms. The van der Waals surface area contributed by atoms with E-state index in [2.05, 4.69) is 10.6 Å². The van der Waals surface area contributed by atoms with Crippen molar-refractivity contribution in [2.75, 3.05) is 10.6 Å². The highest BCUT2D eigenvalue weighted by atomic mass is 32.1. The van der Waals surface area contributed by atoms with Crippen LogP contribution in [0.25, 0.3) is 0 Å². The molecule has 0 spiro atoms. The molecule has 0 saturated heterocycles. The summed E-state index contributed by atoms with van der Waals surface area (Å²) in [5, 5.41) is 16.1. The van der Waals surface area contributed by atoms with Crippen molar-refractivity contribution >= 4 is 39.8 Å². The van der Waals surface area contributed by atoms with E-state index in [9.17, 15) is 19.5 Å². The predicted molar refractivity (Wildman–Crippen MR) is 121 cm³/mol. The Balaban J connectivity index is 1.62. The molecule has 1 aromatic heterocycles. The maximum Gasteiger partial charge on any atom is 0.307 e. The maximum atomic E-state index is 13.3. The smallest absolute Gasteiger partial charge is 0.307 e. The van der Waals surface area contributed by atoms with Crippen LogP contribution in [0, 0.1) is 30.6 Å². The summed E-state index contributed by atoms with van der Waals surface area (Å²) in [4.78, 5) is 39.3. The van der Waals surface area contributed by atoms with E-state index in [-0.39, 0.29) is 23.7 Å². The van der Waals surface area contributed by atoms with Gasteiger partial charge in [-0.15, -0.1) is 11.3 Å². The van der Waals surface area contributed by atoms with Crippen LogP contribution >= 0.6 is 11.3 Å². The predicted octanol–water partition coefficient (Wildman–Crippen LogP) is 4.72. The van der Waals surface area contributed by atoms with Gasteiger partial charge in [-0.2, -0.15) is 0 Å². The zero-order valence-electron chi connectivity index (χ0n) is 17.6. The number of carboxylic acids is 1. The molecular weight excluding hydrogens is 412 g/mol. The van der Waals surface area contributed by atoms with Crippen molar-refractivity contribution in [1.82, 2.24) is 0 Å². The van der Waals surface area contributed by atoms with Gasteiger partial charge >= 0.3 is 5.97 Å². The molecule has 3 aliphatic carbocycles. The average molecular weight is 439 g/mol. The number of anilines is 2. The van der Waals surface area contributed by atoms with Gasteiger partial charge in [0.05, 0.1) is 17.4 Å². The summed E-state index contributed by atoms with van der Waals surface area (Å²) in [6.07, 6.45) is 6.20. The van der Waals surface area contributed by atoms with Crippen LogP contribution < -0.4 is 10.6 Å². The van der Waals surface area contributed by atoms with Crippen LogP contribution in [0.15, 0.2) is 42.5 Å². The molecule has 5 rings (SSSR count). The number of aryl methyl sites for hydroxylation is 1. The highest BCUT2D eigenvalue weighted by Crippen LogP contribution is 2.46. The van der Waals surface area contributed by atoms with E-state index < -0.39 is 17.8 Å². The SMILES string of the molecule is CCc1c(C)sc(NC(=O)C2C3C=CC(CC3)C2C(=O)O)c1C(=O)Nc1ccccc1. The monoisotopic (exact) mass is 438 g/mol. The molecule has 2 amide bonds. The fourth-order valence-corrected chi connectivity index (χ4v) is 6.08. The molecular formula is C24H26N2O4S. The molecule has 162 valence electrons. The van der Waals surface area contributed by atoms with Gasteiger partial charge in [0.15, 0.2) is 0 Å². The fraction of sp³-hybridized carbons (Fsp3) is 0.375. The lowest BCUT2D eigenvalue weighted by Crippen LogP contribution is -2.47. The third-order valence-electron chi connectivity index (χ3n) is 6.39. The van der Waals surface area contributed by atoms with E-state index in [1.54, 1.807) is 0 Å². The fourth-order valence-electron chi connectivity index (χ4n) is 4.93. The summed E-state index contributed by atoms with van der Waals surface area (Å²) in [6.45, 7) is 3.91. The lowest BCUT2D eigenvalue weighted by Gasteiger charge is -2.41. The molecule has 1 saturated carbocycles. The van der Waals surface area contributed by atoms with E-state index >= 15 is 0 Å². The lowest BCUT2D eigenvalue weighted by molar-refractivity contribution is -0.151. The number of benzene rings is 1. The van der Waals surface area contributed by atoms with Gasteiger partial charge in [-0.1, -0.05) is 37.3 Å². The minimum Gasteiger partial charge on any atom is -0.481 e. The third-order valence-corrected chi connectivity index (χ3v) is 7.46. The van der Waals surface area contributed by atoms with Crippen LogP contribution in [-0.4, -0.2) is 22.9 Å². The minimum atomic E-state index is -0.933. The van der Waals surface area contributed by atoms with Gasteiger partial charge in [-0.25, -0.2) is 0 Å². The highest BCUT2D eigenvalue weighted by Gasteiger charge is 2.48. The topological polar surface area (TPSA) is 95.5 Å². The number of para-hydroxylation sites is 1. The molecule has 3 N–H and O–H groups in total. The second kappa shape index (κ2) is 8.67. The number of allylic oxidation sites excluding steroid dienone is 2. The number of rotatable bonds is 6. The van der Waals surface area contributed by atoms with Crippen LogP contribution in [0.2, 0.25) is 0 Å². The van der Waals surface area contributed by atoms with Crippen molar-refractivity contribution in [2.24, 2.45) is 23.7 Å². The largest absolute Gasteiger partial charge is 0.481 e. The average Bonchev–Trinajstić information content (AvgIpc) is 3.09. The number of carbonyl (C=O) groups is 3. The Kier molecular flexibility index (Phi) is 5.96. The first-order valence-electron chi connectivity index (χ1n) is 10.6. The first-order chi connectivity index (χ1) is 14.9. The van der Waals surface area contributed by atoms with E-state index in [1.165, 1.54) is 11.3 Å². The number of hydrogen-bond donors (Lipinski definition) is 3. The lowest BCUT2D eigenvalue weighted by atomic mass is 9.62. The number of carboxylic acid groups (broad SMARTS) is 1. The number of thiophene rings is 1. The van der Waals surface area contributed by atoms with Crippen molar-refractivity contribution in [1.29, 1.82) is 0 Å². The number of aliphatic carboxylic acids is 1. The second-order valence-electron chi connectivity index (χ2n) is 8.18. The third kappa shape index (κ3) is 4.02. The van der Waals surface area contributed by atoms with Gasteiger partial charge in [-0.3, -0.25) is 14.4 Å². The first kappa shape index (κ1) is 21.3. The van der Waals surface area contributed by atoms with Crippen LogP contribution in [0.3, 0.4) is 0 Å². The Hall–Kier alpha value is -2.93. The molecule has 4 unspecified atom stereocenters. The summed E-state index contributed by atoms with van der Waals surface area (Å²) in [5.41, 5.74) is 2.04. The standard InChI is InChI=1S/C24H26N2O4S/c1-3-17-13(2)31-23(20(17)22(28)25-16-7-5-4-6-8-16)26-21(27)18-14-9-11-15(12-10-14)19(18)24(29)30/h4-9,11,14-15,18-19H,3,10,12H2,1-2H3,(H,25,28)(H,26,27)(H,29,30). The van der Waals surface area contributed by atoms with Crippen LogP contribution in [0.5, 0.6) is 0 Å². The number of fused-ring (bicyclic) bond motifs is 2. The quantitative estimate of drug-likeness (QED) is 0.569. The number of carbonyl (C=O) groups excluding carboxylic acids is 2. The maximum absolute atomic E-state index is 13.3. The molecule has 0 radical (unpaired) electrons. The van der Waals surface area contributed by atoms with Crippen LogP contribution in [0.1, 0.15) is 40.6 Å². The Morgan fingerprint density at radius 3 is 2.26 bits per heavy atom. The molecule has 0 aliphatic heterocycles. The van der Waals surface area contributed by atoms with E-state index in [4.69, 9.17) is 0 Å². The zero-order chi connectivity index (χ0) is 22.1. The van der Waals surface area contributed by atoms with Crippen molar-refractivity contribution in [3.63, 3.8) is 0 Å². The number of hydrogen-bond acceptors (Lipinski definition) is 4. The van der Waals surface area contributed by atoms with Gasteiger partial charge in [0.25, 0.3) is 5.91 Å². The minimum absolute atomic E-state index is 0.0839. The van der Waals surface area contributed by atoms with Crippen molar-refractivity contribution < 1.29 is 19.5 Å². The van der Waals surface area contributed by atoms with E-state index in [1.807, 2.05) is 56.3 Å². The molecule has 1 fully saturated rings. The zero-order valence-corrected chi connectivity index (χ0v) is 18.4. The Morgan fingerprint density at radius 1 is 1.03 bits per heavy atom. The van der Waals surface area contributed by atoms with Gasteiger partial charge in [0.2, 0.25) is 5.91 Å². The highest BCUT2D eigenvalue weighted by molar-refractivity contribution is 7.16. The molecule has 7 heteroatoms. The van der Waals surface area contributed by atoms with Gasteiger partial charge in [-0.05, 0) is 55.7 Å². The summed E-state index contributed by atoms with van der Waals surface area (Å²) < 4.78 is 0. The van der Waals surface area contributed by atoms with Gasteiger partial charge in [0.1, 0.15) is 5.00 Å². The molecule has 1 heterocycles. The molecule has 3 aliphatic rings. The second-order valence-corrected chi connectivity index (χ2v) is 9.41. The Morgan fingerprint density at radius 2 is 1.68 bits per heavy atom. The summed E-state index contributed by atoms with van der Waals surface area (Å²) in [7, 11) is 0. The van der Waals surface area contributed by atoms with Crippen molar-refractivity contribution in [3.8, 4) is 0 Å². The summed E-state index contributed by atoms with van der Waals surface area (Å²) in [5.74, 6) is -3.07. The van der Waals surface area contributed by atoms with Crippen LogP contribution in [-0.2, 0) is 16.0 Å². The molecule has 1 aromatic carbocycles. The van der Waals surface area contributed by atoms with E-state index in [0.717, 1.165) is 23.3 Å². The Bertz CT molecular complexity index is 1040. The van der Waals surface area contributed by atoms with Crippen LogP contribution in [0.4, 0.5) is 10.7 Å². The number of amides is 2. The van der Waals surface area contributed by atoms with Crippen molar-refractivity contribution in [3.05, 3.63) is 58.5 Å². The summed E-state index contributed by atoms with van der Waals surface area (Å²) >= 11 is 1.37. The normalized spacial score (nSPS) is 24.1. The summed E-state index contributed by atoms with van der Waals surface area (Å²) in [6, 6.07) is 9.18. The first-order valence-corrected chi connectivity index (χ1v) is 11.4. The molecule has 4 atom stereocenters. The number of nitrogens with one attached hydrogen (secondary N) is 2. The Labute approximate surface area is 185 Å². The van der Waals surface area contributed by atoms with E-state index in [0.29, 0.717) is 22.7 Å². The van der Waals surface area contributed by atoms with Gasteiger partial charge < -0.3 is 15.7 Å². The molecule has 2 aromatic rings. The van der Waals surface area contributed by atoms with Crippen molar-refractivity contribution in [2.45, 2.75) is 33.1 Å². The molecule has 6 nitrogen and oxygen atoms in total.